The molecule has 1 amide bonds. The van der Waals surface area contributed by atoms with Gasteiger partial charge < -0.3 is 10.4 Å². The summed E-state index contributed by atoms with van der Waals surface area (Å²) in [6.45, 7) is 0. The third-order valence-corrected chi connectivity index (χ3v) is 3.94. The van der Waals surface area contributed by atoms with Gasteiger partial charge in [0.2, 0.25) is 5.91 Å². The smallest absolute Gasteiger partial charge is 0.416 e. The molecule has 2 rings (SSSR count). The van der Waals surface area contributed by atoms with Gasteiger partial charge in [-0.05, 0) is 17.7 Å². The maximum absolute atomic E-state index is 12.5. The molecule has 0 saturated heterocycles. The van der Waals surface area contributed by atoms with E-state index in [0.29, 0.717) is 17.1 Å². The number of nitrogens with one attached hydrogen (secondary N) is 1. The van der Waals surface area contributed by atoms with E-state index in [9.17, 15) is 22.8 Å². The van der Waals surface area contributed by atoms with E-state index in [-0.39, 0.29) is 12.8 Å². The second-order valence-electron chi connectivity index (χ2n) is 4.95. The number of amides is 1. The van der Waals surface area contributed by atoms with Gasteiger partial charge in [-0.1, -0.05) is 12.1 Å². The van der Waals surface area contributed by atoms with Crippen molar-refractivity contribution in [2.24, 2.45) is 0 Å². The first-order valence-electron chi connectivity index (χ1n) is 6.86. The number of hydrogen-bond donors (Lipinski definition) is 2. The number of hydrogen-bond acceptors (Lipinski definition) is 4. The van der Waals surface area contributed by atoms with E-state index >= 15 is 0 Å². The molecule has 1 heterocycles. The summed E-state index contributed by atoms with van der Waals surface area (Å²) >= 11 is 1.19. The highest BCUT2D eigenvalue weighted by Crippen LogP contribution is 2.29. The van der Waals surface area contributed by atoms with Gasteiger partial charge in [-0.15, -0.1) is 11.3 Å². The number of carbonyl (C=O) groups excluding carboxylic acids is 1. The van der Waals surface area contributed by atoms with Gasteiger partial charge in [-0.3, -0.25) is 9.59 Å². The van der Waals surface area contributed by atoms with Crippen LogP contribution in [0.15, 0.2) is 30.5 Å². The fourth-order valence-corrected chi connectivity index (χ4v) is 2.72. The molecule has 0 unspecified atom stereocenters. The number of alkyl halides is 3. The predicted molar refractivity (Wildman–Crippen MR) is 81.9 cm³/mol. The van der Waals surface area contributed by atoms with Crippen LogP contribution in [0.3, 0.4) is 0 Å². The Bertz CT molecular complexity index is 726. The van der Waals surface area contributed by atoms with E-state index < -0.39 is 23.6 Å². The molecule has 2 aromatic rings. The summed E-state index contributed by atoms with van der Waals surface area (Å²) in [4.78, 5) is 26.6. The number of carboxylic acids is 1. The van der Waals surface area contributed by atoms with Crippen LogP contribution in [0.2, 0.25) is 0 Å². The van der Waals surface area contributed by atoms with E-state index in [1.807, 2.05) is 0 Å². The quantitative estimate of drug-likeness (QED) is 0.828. The summed E-state index contributed by atoms with van der Waals surface area (Å²) in [5, 5.41) is 11.3. The van der Waals surface area contributed by atoms with E-state index in [1.165, 1.54) is 29.7 Å². The predicted octanol–water partition coefficient (Wildman–Crippen LogP) is 3.56. The average molecular weight is 358 g/mol. The van der Waals surface area contributed by atoms with Crippen molar-refractivity contribution in [2.45, 2.75) is 25.4 Å². The van der Waals surface area contributed by atoms with Crippen molar-refractivity contribution in [3.8, 4) is 0 Å². The van der Waals surface area contributed by atoms with Crippen molar-refractivity contribution in [1.29, 1.82) is 0 Å². The molecule has 0 radical (unpaired) electrons. The number of carboxylic acid groups (broad SMARTS) is 1. The molecule has 0 spiro atoms. The Kier molecular flexibility index (Phi) is 5.55. The van der Waals surface area contributed by atoms with Crippen molar-refractivity contribution in [3.63, 3.8) is 0 Å². The fourth-order valence-electron chi connectivity index (χ4n) is 1.86. The monoisotopic (exact) mass is 358 g/mol. The van der Waals surface area contributed by atoms with Gasteiger partial charge in [-0.25, -0.2) is 4.98 Å². The number of carbonyl (C=O) groups is 2. The Balaban J connectivity index is 1.94. The normalized spacial score (nSPS) is 11.3. The standard InChI is InChI=1S/C15H13F3N2O3S/c16-15(17,18)10-3-1-9(2-4-10)7-11-8-19-14(24-11)20-12(21)5-6-13(22)23/h1-4,8H,5-7H2,(H,22,23)(H,19,20,21). The van der Waals surface area contributed by atoms with Gasteiger partial charge in [0.25, 0.3) is 0 Å². The average Bonchev–Trinajstić information content (AvgIpc) is 2.92. The van der Waals surface area contributed by atoms with Crippen molar-refractivity contribution in [1.82, 2.24) is 4.98 Å². The maximum atomic E-state index is 12.5. The van der Waals surface area contributed by atoms with Crippen molar-refractivity contribution in [3.05, 3.63) is 46.5 Å². The number of benzene rings is 1. The van der Waals surface area contributed by atoms with Gasteiger partial charge in [0, 0.05) is 23.9 Å². The Morgan fingerprint density at radius 2 is 1.83 bits per heavy atom. The molecule has 0 aliphatic rings. The first-order valence-corrected chi connectivity index (χ1v) is 7.68. The molecule has 0 aliphatic carbocycles. The first kappa shape index (κ1) is 17.9. The van der Waals surface area contributed by atoms with Crippen LogP contribution >= 0.6 is 11.3 Å². The molecule has 2 N–H and O–H groups in total. The van der Waals surface area contributed by atoms with Gasteiger partial charge in [-0.2, -0.15) is 13.2 Å². The zero-order chi connectivity index (χ0) is 17.7. The van der Waals surface area contributed by atoms with Crippen LogP contribution in [0, 0.1) is 0 Å². The Hall–Kier alpha value is -2.42. The molecule has 128 valence electrons. The lowest BCUT2D eigenvalue weighted by Gasteiger charge is -2.06. The zero-order valence-electron chi connectivity index (χ0n) is 12.3. The van der Waals surface area contributed by atoms with Crippen LogP contribution in [-0.2, 0) is 22.2 Å². The highest BCUT2D eigenvalue weighted by molar-refractivity contribution is 7.15. The Morgan fingerprint density at radius 3 is 2.42 bits per heavy atom. The van der Waals surface area contributed by atoms with Crippen LogP contribution in [0.4, 0.5) is 18.3 Å². The van der Waals surface area contributed by atoms with E-state index in [4.69, 9.17) is 5.11 Å². The third kappa shape index (κ3) is 5.34. The molecule has 1 aromatic carbocycles. The lowest BCUT2D eigenvalue weighted by atomic mass is 10.1. The van der Waals surface area contributed by atoms with Crippen LogP contribution < -0.4 is 5.32 Å². The molecular weight excluding hydrogens is 345 g/mol. The second-order valence-corrected chi connectivity index (χ2v) is 6.06. The summed E-state index contributed by atoms with van der Waals surface area (Å²) in [6, 6.07) is 4.83. The molecule has 0 aliphatic heterocycles. The topological polar surface area (TPSA) is 79.3 Å². The lowest BCUT2D eigenvalue weighted by Crippen LogP contribution is -2.12. The van der Waals surface area contributed by atoms with E-state index in [0.717, 1.165) is 17.0 Å². The highest BCUT2D eigenvalue weighted by Gasteiger charge is 2.29. The number of aliphatic carboxylic acids is 1. The van der Waals surface area contributed by atoms with Crippen LogP contribution in [0.5, 0.6) is 0 Å². The minimum Gasteiger partial charge on any atom is -0.481 e. The summed E-state index contributed by atoms with van der Waals surface area (Å²) in [6.07, 6.45) is -2.87. The minimum absolute atomic E-state index is 0.150. The maximum Gasteiger partial charge on any atom is 0.416 e. The van der Waals surface area contributed by atoms with Gasteiger partial charge in [0.15, 0.2) is 5.13 Å². The lowest BCUT2D eigenvalue weighted by molar-refractivity contribution is -0.138. The molecule has 0 atom stereocenters. The van der Waals surface area contributed by atoms with Crippen LogP contribution in [0.25, 0.3) is 0 Å². The van der Waals surface area contributed by atoms with Crippen LogP contribution in [-0.4, -0.2) is 22.0 Å². The summed E-state index contributed by atoms with van der Waals surface area (Å²) in [7, 11) is 0. The van der Waals surface area contributed by atoms with E-state index in [2.05, 4.69) is 10.3 Å². The van der Waals surface area contributed by atoms with Crippen molar-refractivity contribution < 1.29 is 27.9 Å². The molecule has 0 fully saturated rings. The number of thiazole rings is 1. The number of aromatic nitrogens is 1. The summed E-state index contributed by atoms with van der Waals surface area (Å²) in [5.74, 6) is -1.51. The number of anilines is 1. The fraction of sp³-hybridized carbons (Fsp3) is 0.267. The molecule has 1 aromatic heterocycles. The molecule has 5 nitrogen and oxygen atoms in total. The van der Waals surface area contributed by atoms with Gasteiger partial charge >= 0.3 is 12.1 Å². The molecule has 9 heteroatoms. The van der Waals surface area contributed by atoms with Crippen LogP contribution in [0.1, 0.15) is 28.8 Å². The van der Waals surface area contributed by atoms with Crippen molar-refractivity contribution in [2.75, 3.05) is 5.32 Å². The molecule has 24 heavy (non-hydrogen) atoms. The zero-order valence-corrected chi connectivity index (χ0v) is 13.1. The summed E-state index contributed by atoms with van der Waals surface area (Å²) in [5.41, 5.74) is -0.0164. The van der Waals surface area contributed by atoms with Gasteiger partial charge in [0.1, 0.15) is 0 Å². The molecular formula is C15H13F3N2O3S. The largest absolute Gasteiger partial charge is 0.481 e. The Morgan fingerprint density at radius 1 is 1.17 bits per heavy atom. The molecule has 0 saturated carbocycles. The minimum atomic E-state index is -4.36. The molecule has 0 bridgehead atoms. The highest BCUT2D eigenvalue weighted by atomic mass is 32.1. The summed E-state index contributed by atoms with van der Waals surface area (Å²) < 4.78 is 37.5. The third-order valence-electron chi connectivity index (χ3n) is 3.03. The first-order chi connectivity index (χ1) is 11.2. The van der Waals surface area contributed by atoms with Crippen molar-refractivity contribution >= 4 is 28.3 Å². The van der Waals surface area contributed by atoms with Gasteiger partial charge in [0.05, 0.1) is 12.0 Å². The number of rotatable bonds is 6. The number of nitrogens with zero attached hydrogens (tertiary/aromatic N) is 1. The van der Waals surface area contributed by atoms with E-state index in [1.54, 1.807) is 0 Å². The Labute approximate surface area is 139 Å². The number of halogens is 3. The SMILES string of the molecule is O=C(O)CCC(=O)Nc1ncc(Cc2ccc(C(F)(F)F)cc2)s1. The second kappa shape index (κ2) is 7.43.